The van der Waals surface area contributed by atoms with Crippen molar-refractivity contribution in [1.82, 2.24) is 20.0 Å². The van der Waals surface area contributed by atoms with Gasteiger partial charge in [-0.05, 0) is 37.1 Å². The zero-order valence-electron chi connectivity index (χ0n) is 14.5. The first kappa shape index (κ1) is 16.8. The van der Waals surface area contributed by atoms with E-state index in [1.807, 2.05) is 44.3 Å². The topological polar surface area (TPSA) is 84.8 Å². The summed E-state index contributed by atoms with van der Waals surface area (Å²) in [5.74, 6) is 1.24. The van der Waals surface area contributed by atoms with Crippen LogP contribution >= 0.6 is 0 Å². The van der Waals surface area contributed by atoms with Crippen molar-refractivity contribution in [2.24, 2.45) is 7.05 Å². The minimum atomic E-state index is -0.0811. The van der Waals surface area contributed by atoms with Gasteiger partial charge in [0.15, 0.2) is 5.82 Å². The average molecular weight is 339 g/mol. The molecular weight excluding hydrogens is 318 g/mol. The number of hydrogen-bond acceptors (Lipinski definition) is 4. The third-order valence-electron chi connectivity index (χ3n) is 4.11. The van der Waals surface area contributed by atoms with Crippen LogP contribution in [0.1, 0.15) is 17.8 Å². The van der Waals surface area contributed by atoms with E-state index in [1.165, 1.54) is 0 Å². The minimum absolute atomic E-state index is 0.0811. The third kappa shape index (κ3) is 3.71. The molecule has 2 heterocycles. The van der Waals surface area contributed by atoms with Crippen LogP contribution in [-0.2, 0) is 18.3 Å². The highest BCUT2D eigenvalue weighted by Crippen LogP contribution is 2.30. The Kier molecular flexibility index (Phi) is 4.83. The fraction of sp³-hybridized carbons (Fsp3) is 0.278. The number of amides is 1. The monoisotopic (exact) mass is 339 g/mol. The predicted molar refractivity (Wildman–Crippen MR) is 95.5 cm³/mol. The van der Waals surface area contributed by atoms with Crippen molar-refractivity contribution in [2.75, 3.05) is 12.4 Å². The molecule has 1 amide bonds. The van der Waals surface area contributed by atoms with Gasteiger partial charge in [-0.1, -0.05) is 12.1 Å². The number of nitrogens with one attached hydrogen (secondary N) is 2. The van der Waals surface area contributed by atoms with Gasteiger partial charge in [-0.3, -0.25) is 14.6 Å². The zero-order chi connectivity index (χ0) is 17.8. The number of aromatic amines is 1. The molecule has 2 N–H and O–H groups in total. The van der Waals surface area contributed by atoms with E-state index in [-0.39, 0.29) is 5.91 Å². The van der Waals surface area contributed by atoms with Gasteiger partial charge in [0.05, 0.1) is 7.11 Å². The van der Waals surface area contributed by atoms with Crippen molar-refractivity contribution in [1.29, 1.82) is 0 Å². The maximum absolute atomic E-state index is 12.3. The number of rotatable bonds is 6. The van der Waals surface area contributed by atoms with E-state index in [0.717, 1.165) is 28.3 Å². The minimum Gasteiger partial charge on any atom is -0.497 e. The summed E-state index contributed by atoms with van der Waals surface area (Å²) in [5.41, 5.74) is 3.77. The number of hydrogen-bond donors (Lipinski definition) is 2. The Morgan fingerprint density at radius 3 is 2.68 bits per heavy atom. The fourth-order valence-electron chi connectivity index (χ4n) is 2.71. The first-order valence-corrected chi connectivity index (χ1v) is 8.04. The molecule has 0 saturated heterocycles. The van der Waals surface area contributed by atoms with Gasteiger partial charge >= 0.3 is 0 Å². The molecule has 1 aromatic carbocycles. The van der Waals surface area contributed by atoms with Crippen molar-refractivity contribution in [3.8, 4) is 16.9 Å². The lowest BCUT2D eigenvalue weighted by Gasteiger charge is -2.07. The summed E-state index contributed by atoms with van der Waals surface area (Å²) in [7, 11) is 3.50. The number of aromatic nitrogens is 4. The van der Waals surface area contributed by atoms with E-state index >= 15 is 0 Å². The number of methoxy groups -OCH3 is 1. The van der Waals surface area contributed by atoms with E-state index < -0.39 is 0 Å². The summed E-state index contributed by atoms with van der Waals surface area (Å²) in [4.78, 5) is 12.3. The molecule has 0 unspecified atom stereocenters. The fourth-order valence-corrected chi connectivity index (χ4v) is 2.71. The summed E-state index contributed by atoms with van der Waals surface area (Å²) >= 11 is 0. The highest BCUT2D eigenvalue weighted by molar-refractivity contribution is 5.94. The Balaban J connectivity index is 1.72. The molecular formula is C18H21N5O2. The van der Waals surface area contributed by atoms with E-state index in [0.29, 0.717) is 18.7 Å². The normalized spacial score (nSPS) is 10.7. The van der Waals surface area contributed by atoms with Gasteiger partial charge in [0, 0.05) is 36.6 Å². The Morgan fingerprint density at radius 1 is 1.28 bits per heavy atom. The van der Waals surface area contributed by atoms with Crippen molar-refractivity contribution in [2.45, 2.75) is 19.8 Å². The Bertz CT molecular complexity index is 864. The van der Waals surface area contributed by atoms with Crippen LogP contribution in [0.15, 0.2) is 36.5 Å². The van der Waals surface area contributed by atoms with Crippen LogP contribution in [0.5, 0.6) is 5.75 Å². The number of nitrogens with zero attached hydrogens (tertiary/aromatic N) is 3. The lowest BCUT2D eigenvalue weighted by Crippen LogP contribution is -2.14. The molecule has 25 heavy (non-hydrogen) atoms. The van der Waals surface area contributed by atoms with E-state index in [4.69, 9.17) is 4.74 Å². The lowest BCUT2D eigenvalue weighted by molar-refractivity contribution is -0.116. The van der Waals surface area contributed by atoms with Gasteiger partial charge in [0.2, 0.25) is 5.91 Å². The van der Waals surface area contributed by atoms with Gasteiger partial charge < -0.3 is 10.1 Å². The highest BCUT2D eigenvalue weighted by Gasteiger charge is 2.15. The number of carbonyl (C=O) groups is 1. The van der Waals surface area contributed by atoms with E-state index in [1.54, 1.807) is 18.0 Å². The van der Waals surface area contributed by atoms with Crippen LogP contribution in [-0.4, -0.2) is 33.0 Å². The molecule has 130 valence electrons. The van der Waals surface area contributed by atoms with E-state index in [2.05, 4.69) is 20.6 Å². The van der Waals surface area contributed by atoms with Crippen LogP contribution in [0.3, 0.4) is 0 Å². The van der Waals surface area contributed by atoms with Crippen molar-refractivity contribution < 1.29 is 9.53 Å². The van der Waals surface area contributed by atoms with Crippen LogP contribution in [0, 0.1) is 6.92 Å². The molecule has 7 nitrogen and oxygen atoms in total. The Morgan fingerprint density at radius 2 is 2.04 bits per heavy atom. The number of benzene rings is 1. The number of H-pyrrole nitrogens is 1. The van der Waals surface area contributed by atoms with Gasteiger partial charge in [0.25, 0.3) is 0 Å². The first-order chi connectivity index (χ1) is 12.1. The summed E-state index contributed by atoms with van der Waals surface area (Å²) in [6.45, 7) is 1.93. The lowest BCUT2D eigenvalue weighted by atomic mass is 10.1. The van der Waals surface area contributed by atoms with Gasteiger partial charge in [0.1, 0.15) is 5.75 Å². The molecule has 0 radical (unpaired) electrons. The maximum Gasteiger partial charge on any atom is 0.225 e. The quantitative estimate of drug-likeness (QED) is 0.723. The van der Waals surface area contributed by atoms with E-state index in [9.17, 15) is 4.79 Å². The summed E-state index contributed by atoms with van der Waals surface area (Å²) < 4.78 is 6.96. The van der Waals surface area contributed by atoms with Crippen LogP contribution in [0.2, 0.25) is 0 Å². The zero-order valence-corrected chi connectivity index (χ0v) is 14.5. The molecule has 0 fully saturated rings. The summed E-state index contributed by atoms with van der Waals surface area (Å²) in [5, 5.41) is 14.2. The number of anilines is 1. The predicted octanol–water partition coefficient (Wildman–Crippen LogP) is 2.70. The summed E-state index contributed by atoms with van der Waals surface area (Å²) in [6, 6.07) is 9.57. The Labute approximate surface area is 146 Å². The van der Waals surface area contributed by atoms with Crippen molar-refractivity contribution in [3.63, 3.8) is 0 Å². The molecule has 7 heteroatoms. The Hall–Kier alpha value is -3.09. The molecule has 0 saturated carbocycles. The maximum atomic E-state index is 12.3. The smallest absolute Gasteiger partial charge is 0.225 e. The molecule has 0 aliphatic heterocycles. The molecule has 3 aromatic rings. The molecule has 0 aliphatic carbocycles. The van der Waals surface area contributed by atoms with Crippen molar-refractivity contribution >= 4 is 11.7 Å². The number of aryl methyl sites for hydroxylation is 3. The first-order valence-electron chi connectivity index (χ1n) is 8.04. The standard InChI is InChI=1S/C18H21N5O2/c1-12-17(13-4-7-15(25-3)8-5-13)18(22-21-12)20-16(24)9-6-14-10-11-19-23(14)2/h4-5,7-8,10-11H,6,9H2,1-3H3,(H2,20,21,22,24). The van der Waals surface area contributed by atoms with Gasteiger partial charge in [-0.15, -0.1) is 0 Å². The van der Waals surface area contributed by atoms with Crippen molar-refractivity contribution in [3.05, 3.63) is 47.9 Å². The van der Waals surface area contributed by atoms with Crippen LogP contribution < -0.4 is 10.1 Å². The third-order valence-corrected chi connectivity index (χ3v) is 4.11. The molecule has 2 aromatic heterocycles. The van der Waals surface area contributed by atoms with Crippen LogP contribution in [0.4, 0.5) is 5.82 Å². The molecule has 0 aliphatic rings. The van der Waals surface area contributed by atoms with Gasteiger partial charge in [-0.2, -0.15) is 10.2 Å². The van der Waals surface area contributed by atoms with Crippen LogP contribution in [0.25, 0.3) is 11.1 Å². The largest absolute Gasteiger partial charge is 0.497 e. The average Bonchev–Trinajstić information content (AvgIpc) is 3.19. The molecule has 0 spiro atoms. The number of ether oxygens (including phenoxy) is 1. The second-order valence-electron chi connectivity index (χ2n) is 5.80. The SMILES string of the molecule is COc1ccc(-c2c(NC(=O)CCc3ccnn3C)n[nH]c2C)cc1. The molecule has 3 rings (SSSR count). The number of carbonyl (C=O) groups excluding carboxylic acids is 1. The molecule has 0 bridgehead atoms. The van der Waals surface area contributed by atoms with Gasteiger partial charge in [-0.25, -0.2) is 0 Å². The second-order valence-corrected chi connectivity index (χ2v) is 5.80. The highest BCUT2D eigenvalue weighted by atomic mass is 16.5. The summed E-state index contributed by atoms with van der Waals surface area (Å²) in [6.07, 6.45) is 2.73. The molecule has 0 atom stereocenters. The second kappa shape index (κ2) is 7.21.